The number of aromatic carboxylic acids is 1. The number of carbonyl (C=O) groups is 1. The highest BCUT2D eigenvalue weighted by Crippen LogP contribution is 2.29. The standard InChI is InChI=1S/C15H9F2N5O3/c16-15(17)25-6-1-2-9-7(3-6)11(22-21-9)10-5-19-13-12(20-10)8(4-18-13)14(23)24/h1-5,15H,(H,18,19)(H,21,22)(H,23,24). The Kier molecular flexibility index (Phi) is 3.31. The molecule has 4 rings (SSSR count). The van der Waals surface area contributed by atoms with Gasteiger partial charge >= 0.3 is 12.6 Å². The molecule has 0 atom stereocenters. The minimum atomic E-state index is -2.94. The number of halogens is 2. The first kappa shape index (κ1) is 15.0. The molecule has 0 aliphatic rings. The van der Waals surface area contributed by atoms with Crippen molar-refractivity contribution in [2.75, 3.05) is 0 Å². The Labute approximate surface area is 137 Å². The number of carboxylic acid groups (broad SMARTS) is 1. The fourth-order valence-corrected chi connectivity index (χ4v) is 2.53. The van der Waals surface area contributed by atoms with Gasteiger partial charge in [0.25, 0.3) is 0 Å². The van der Waals surface area contributed by atoms with Gasteiger partial charge in [0.1, 0.15) is 28.2 Å². The minimum absolute atomic E-state index is 0.0212. The van der Waals surface area contributed by atoms with Crippen molar-refractivity contribution in [1.29, 1.82) is 0 Å². The largest absolute Gasteiger partial charge is 0.478 e. The molecule has 3 N–H and O–H groups in total. The molecule has 0 amide bonds. The van der Waals surface area contributed by atoms with Crippen LogP contribution in [0.5, 0.6) is 5.75 Å². The number of alkyl halides is 2. The summed E-state index contributed by atoms with van der Waals surface area (Å²) >= 11 is 0. The summed E-state index contributed by atoms with van der Waals surface area (Å²) in [6, 6.07) is 4.34. The van der Waals surface area contributed by atoms with Crippen molar-refractivity contribution < 1.29 is 23.4 Å². The molecule has 3 aromatic heterocycles. The molecule has 25 heavy (non-hydrogen) atoms. The van der Waals surface area contributed by atoms with Gasteiger partial charge in [-0.3, -0.25) is 5.10 Å². The number of carboxylic acids is 1. The average Bonchev–Trinajstić information content (AvgIpc) is 3.17. The Balaban J connectivity index is 1.87. The van der Waals surface area contributed by atoms with Gasteiger partial charge in [0.15, 0.2) is 5.65 Å². The lowest BCUT2D eigenvalue weighted by Gasteiger charge is -2.04. The Hall–Kier alpha value is -3.56. The van der Waals surface area contributed by atoms with Crippen LogP contribution in [0.2, 0.25) is 0 Å². The highest BCUT2D eigenvalue weighted by molar-refractivity contribution is 6.01. The van der Waals surface area contributed by atoms with Crippen LogP contribution in [0, 0.1) is 0 Å². The maximum absolute atomic E-state index is 12.4. The van der Waals surface area contributed by atoms with Crippen molar-refractivity contribution in [3.05, 3.63) is 36.2 Å². The summed E-state index contributed by atoms with van der Waals surface area (Å²) in [5, 5.41) is 16.6. The molecule has 0 saturated carbocycles. The fourth-order valence-electron chi connectivity index (χ4n) is 2.53. The summed E-state index contributed by atoms with van der Waals surface area (Å²) in [6.07, 6.45) is 2.72. The van der Waals surface area contributed by atoms with E-state index in [1.165, 1.54) is 24.5 Å². The first-order chi connectivity index (χ1) is 12.0. The van der Waals surface area contributed by atoms with Gasteiger partial charge in [-0.25, -0.2) is 14.8 Å². The summed E-state index contributed by atoms with van der Waals surface area (Å²) in [5.41, 5.74) is 1.72. The summed E-state index contributed by atoms with van der Waals surface area (Å²) < 4.78 is 29.2. The Bertz CT molecular complexity index is 1110. The van der Waals surface area contributed by atoms with Gasteiger partial charge in [0.05, 0.1) is 11.7 Å². The molecule has 3 heterocycles. The summed E-state index contributed by atoms with van der Waals surface area (Å²) in [4.78, 5) is 22.4. The first-order valence-electron chi connectivity index (χ1n) is 7.03. The van der Waals surface area contributed by atoms with Gasteiger partial charge in [0, 0.05) is 11.6 Å². The molecule has 0 radical (unpaired) electrons. The van der Waals surface area contributed by atoms with Crippen LogP contribution in [0.25, 0.3) is 33.5 Å². The van der Waals surface area contributed by atoms with Crippen molar-refractivity contribution in [3.63, 3.8) is 0 Å². The Morgan fingerprint density at radius 2 is 2.16 bits per heavy atom. The molecule has 126 valence electrons. The van der Waals surface area contributed by atoms with Crippen molar-refractivity contribution in [2.24, 2.45) is 0 Å². The number of ether oxygens (including phenoxy) is 1. The molecular weight excluding hydrogens is 336 g/mol. The van der Waals surface area contributed by atoms with Crippen molar-refractivity contribution in [3.8, 4) is 17.1 Å². The van der Waals surface area contributed by atoms with Crippen LogP contribution in [0.1, 0.15) is 10.4 Å². The molecular formula is C15H9F2N5O3. The molecule has 8 nitrogen and oxygen atoms in total. The van der Waals surface area contributed by atoms with E-state index in [2.05, 4.69) is 29.9 Å². The molecule has 0 spiro atoms. The van der Waals surface area contributed by atoms with Crippen molar-refractivity contribution in [2.45, 2.75) is 6.61 Å². The van der Waals surface area contributed by atoms with E-state index < -0.39 is 12.6 Å². The summed E-state index contributed by atoms with van der Waals surface area (Å²) in [6.45, 7) is -2.94. The molecule has 1 aromatic carbocycles. The average molecular weight is 345 g/mol. The fraction of sp³-hybridized carbons (Fsp3) is 0.0667. The smallest absolute Gasteiger partial charge is 0.387 e. The molecule has 0 saturated heterocycles. The quantitative estimate of drug-likeness (QED) is 0.524. The molecule has 0 aliphatic heterocycles. The highest BCUT2D eigenvalue weighted by atomic mass is 19.3. The van der Waals surface area contributed by atoms with E-state index in [9.17, 15) is 18.7 Å². The molecule has 10 heteroatoms. The maximum atomic E-state index is 12.4. The molecule has 4 aromatic rings. The van der Waals surface area contributed by atoms with E-state index >= 15 is 0 Å². The number of fused-ring (bicyclic) bond motifs is 2. The van der Waals surface area contributed by atoms with Gasteiger partial charge in [0.2, 0.25) is 0 Å². The lowest BCUT2D eigenvalue weighted by atomic mass is 10.1. The highest BCUT2D eigenvalue weighted by Gasteiger charge is 2.17. The first-order valence-corrected chi connectivity index (χ1v) is 7.03. The summed E-state index contributed by atoms with van der Waals surface area (Å²) in [7, 11) is 0. The zero-order valence-corrected chi connectivity index (χ0v) is 12.3. The number of nitrogens with zero attached hydrogens (tertiary/aromatic N) is 3. The van der Waals surface area contributed by atoms with Crippen LogP contribution in [-0.4, -0.2) is 42.8 Å². The van der Waals surface area contributed by atoms with Crippen molar-refractivity contribution in [1.82, 2.24) is 25.1 Å². The zero-order valence-electron chi connectivity index (χ0n) is 12.3. The van der Waals surface area contributed by atoms with E-state index in [4.69, 9.17) is 0 Å². The second-order valence-electron chi connectivity index (χ2n) is 5.12. The number of benzene rings is 1. The second kappa shape index (κ2) is 5.51. The normalized spacial score (nSPS) is 11.5. The Morgan fingerprint density at radius 1 is 1.32 bits per heavy atom. The van der Waals surface area contributed by atoms with Crippen LogP contribution in [0.3, 0.4) is 0 Å². The van der Waals surface area contributed by atoms with Crippen LogP contribution in [0.15, 0.2) is 30.6 Å². The third-order valence-corrected chi connectivity index (χ3v) is 3.61. The van der Waals surface area contributed by atoms with Gasteiger partial charge in [-0.2, -0.15) is 13.9 Å². The monoisotopic (exact) mass is 345 g/mol. The number of hydrogen-bond donors (Lipinski definition) is 3. The molecule has 0 bridgehead atoms. The van der Waals surface area contributed by atoms with Crippen molar-refractivity contribution >= 4 is 28.0 Å². The third kappa shape index (κ3) is 2.53. The molecule has 0 aliphatic carbocycles. The Morgan fingerprint density at radius 3 is 2.92 bits per heavy atom. The molecule has 0 unspecified atom stereocenters. The number of H-pyrrole nitrogens is 2. The SMILES string of the molecule is O=C(O)c1c[nH]c2ncc(-c3n[nH]c4ccc(OC(F)F)cc34)nc12. The number of aromatic nitrogens is 5. The lowest BCUT2D eigenvalue weighted by molar-refractivity contribution is -0.0497. The van der Waals surface area contributed by atoms with Gasteiger partial charge < -0.3 is 14.8 Å². The summed E-state index contributed by atoms with van der Waals surface area (Å²) in [5.74, 6) is -1.16. The van der Waals surface area contributed by atoms with E-state index in [0.717, 1.165) is 0 Å². The van der Waals surface area contributed by atoms with E-state index in [-0.39, 0.29) is 16.8 Å². The maximum Gasteiger partial charge on any atom is 0.387 e. The van der Waals surface area contributed by atoms with Crippen LogP contribution >= 0.6 is 0 Å². The minimum Gasteiger partial charge on any atom is -0.478 e. The number of rotatable bonds is 4. The van der Waals surface area contributed by atoms with E-state index in [0.29, 0.717) is 27.9 Å². The number of aromatic amines is 2. The zero-order chi connectivity index (χ0) is 17.6. The van der Waals surface area contributed by atoms with Crippen LogP contribution < -0.4 is 4.74 Å². The van der Waals surface area contributed by atoms with Gasteiger partial charge in [-0.1, -0.05) is 0 Å². The topological polar surface area (TPSA) is 117 Å². The van der Waals surface area contributed by atoms with Crippen LogP contribution in [-0.2, 0) is 0 Å². The number of hydrogen-bond acceptors (Lipinski definition) is 5. The molecule has 0 fully saturated rings. The van der Waals surface area contributed by atoms with E-state index in [1.54, 1.807) is 6.07 Å². The number of nitrogens with one attached hydrogen (secondary N) is 2. The lowest BCUT2D eigenvalue weighted by Crippen LogP contribution is -2.01. The predicted octanol–water partition coefficient (Wildman–Crippen LogP) is 2.80. The van der Waals surface area contributed by atoms with Gasteiger partial charge in [-0.15, -0.1) is 0 Å². The predicted molar refractivity (Wildman–Crippen MR) is 82.6 cm³/mol. The second-order valence-corrected chi connectivity index (χ2v) is 5.12. The third-order valence-electron chi connectivity index (χ3n) is 3.61. The van der Waals surface area contributed by atoms with Gasteiger partial charge in [-0.05, 0) is 18.2 Å². The van der Waals surface area contributed by atoms with E-state index in [1.807, 2.05) is 0 Å². The van der Waals surface area contributed by atoms with Crippen LogP contribution in [0.4, 0.5) is 8.78 Å².